The molecule has 0 atom stereocenters. The quantitative estimate of drug-likeness (QED) is 0.545. The number of hydrogen-bond acceptors (Lipinski definition) is 5. The van der Waals surface area contributed by atoms with Crippen LogP contribution in [-0.4, -0.2) is 32.8 Å². The van der Waals surface area contributed by atoms with Crippen LogP contribution in [0.4, 0.5) is 0 Å². The second kappa shape index (κ2) is 4.20. The van der Waals surface area contributed by atoms with Crippen molar-refractivity contribution in [1.82, 2.24) is 15.4 Å². The van der Waals surface area contributed by atoms with Crippen LogP contribution < -0.4 is 5.73 Å². The molecule has 0 spiro atoms. The van der Waals surface area contributed by atoms with Crippen molar-refractivity contribution >= 4 is 11.8 Å². The summed E-state index contributed by atoms with van der Waals surface area (Å²) in [5.74, 6) is 1.57. The molecule has 5 nitrogen and oxygen atoms in total. The van der Waals surface area contributed by atoms with Crippen LogP contribution in [0.2, 0.25) is 0 Å². The molecule has 0 saturated carbocycles. The Morgan fingerprint density at radius 1 is 1.64 bits per heavy atom. The molecule has 0 radical (unpaired) electrons. The monoisotopic (exact) mass is 174 g/mol. The van der Waals surface area contributed by atoms with E-state index in [9.17, 15) is 0 Å². The number of nitrogens with zero attached hydrogens (tertiary/aromatic N) is 2. The van der Waals surface area contributed by atoms with Crippen LogP contribution in [0.5, 0.6) is 5.88 Å². The van der Waals surface area contributed by atoms with Gasteiger partial charge in [-0.25, -0.2) is 5.10 Å². The second-order valence-electron chi connectivity index (χ2n) is 1.95. The molecule has 62 valence electrons. The molecule has 1 rings (SSSR count). The molecule has 1 aromatic heterocycles. The number of aromatic amines is 1. The van der Waals surface area contributed by atoms with E-state index in [0.29, 0.717) is 18.0 Å². The summed E-state index contributed by atoms with van der Waals surface area (Å²) in [6.07, 6.45) is 0. The zero-order chi connectivity index (χ0) is 8.10. The number of H-pyrrole nitrogens is 1. The first kappa shape index (κ1) is 8.35. The lowest BCUT2D eigenvalue weighted by Gasteiger charge is -1.94. The molecule has 6 heteroatoms. The highest BCUT2D eigenvalue weighted by Gasteiger charge is 2.03. The van der Waals surface area contributed by atoms with Crippen molar-refractivity contribution in [3.05, 3.63) is 5.69 Å². The fourth-order valence-corrected chi connectivity index (χ4v) is 1.29. The Labute approximate surface area is 68.4 Å². The minimum atomic E-state index is 0.0505. The summed E-state index contributed by atoms with van der Waals surface area (Å²) < 4.78 is 0. The summed E-state index contributed by atoms with van der Waals surface area (Å²) >= 11 is 1.62. The van der Waals surface area contributed by atoms with Gasteiger partial charge in [0, 0.05) is 18.1 Å². The topological polar surface area (TPSA) is 87.8 Å². The fourth-order valence-electron chi connectivity index (χ4n) is 0.594. The van der Waals surface area contributed by atoms with Crippen molar-refractivity contribution in [3.8, 4) is 5.88 Å². The van der Waals surface area contributed by atoms with E-state index in [4.69, 9.17) is 10.8 Å². The van der Waals surface area contributed by atoms with Gasteiger partial charge >= 0.3 is 0 Å². The number of hydrogen-bond donors (Lipinski definition) is 3. The van der Waals surface area contributed by atoms with E-state index in [1.54, 1.807) is 11.8 Å². The minimum Gasteiger partial charge on any atom is -0.492 e. The van der Waals surface area contributed by atoms with Gasteiger partial charge in [0.1, 0.15) is 5.69 Å². The molecule has 1 aromatic rings. The number of aromatic hydroxyl groups is 1. The molecule has 1 heterocycles. The molecule has 0 amide bonds. The van der Waals surface area contributed by atoms with Gasteiger partial charge in [-0.2, -0.15) is 11.8 Å². The van der Waals surface area contributed by atoms with Gasteiger partial charge in [-0.05, 0) is 0 Å². The van der Waals surface area contributed by atoms with Crippen molar-refractivity contribution < 1.29 is 5.11 Å². The SMILES string of the molecule is NCCSCc1nn[nH]c1O. The Bertz CT molecular complexity index is 214. The van der Waals surface area contributed by atoms with Gasteiger partial charge in [-0.1, -0.05) is 5.21 Å². The predicted octanol–water partition coefficient (Wildman–Crippen LogP) is -0.298. The number of thioether (sulfide) groups is 1. The average Bonchev–Trinajstić information content (AvgIpc) is 2.37. The predicted molar refractivity (Wildman–Crippen MR) is 43.3 cm³/mol. The van der Waals surface area contributed by atoms with E-state index in [1.165, 1.54) is 0 Å². The van der Waals surface area contributed by atoms with E-state index in [0.717, 1.165) is 5.75 Å². The van der Waals surface area contributed by atoms with Gasteiger partial charge in [0.2, 0.25) is 5.88 Å². The zero-order valence-electron chi connectivity index (χ0n) is 5.95. The summed E-state index contributed by atoms with van der Waals surface area (Å²) in [7, 11) is 0. The first-order chi connectivity index (χ1) is 5.34. The lowest BCUT2D eigenvalue weighted by molar-refractivity contribution is 0.448. The molecule has 0 bridgehead atoms. The van der Waals surface area contributed by atoms with E-state index < -0.39 is 0 Å². The Morgan fingerprint density at radius 3 is 3.00 bits per heavy atom. The zero-order valence-corrected chi connectivity index (χ0v) is 6.77. The maximum atomic E-state index is 9.02. The Hall–Kier alpha value is -0.750. The molecular formula is C5H10N4OS. The molecule has 0 aliphatic heterocycles. The van der Waals surface area contributed by atoms with E-state index in [-0.39, 0.29) is 5.88 Å². The van der Waals surface area contributed by atoms with E-state index >= 15 is 0 Å². The maximum Gasteiger partial charge on any atom is 0.231 e. The van der Waals surface area contributed by atoms with Crippen LogP contribution in [0, 0.1) is 0 Å². The third-order valence-corrected chi connectivity index (χ3v) is 2.10. The lowest BCUT2D eigenvalue weighted by Crippen LogP contribution is -2.01. The van der Waals surface area contributed by atoms with Crippen molar-refractivity contribution in [2.45, 2.75) is 5.75 Å². The van der Waals surface area contributed by atoms with Gasteiger partial charge in [0.25, 0.3) is 0 Å². The van der Waals surface area contributed by atoms with Crippen molar-refractivity contribution in [1.29, 1.82) is 0 Å². The largest absolute Gasteiger partial charge is 0.492 e. The highest BCUT2D eigenvalue weighted by atomic mass is 32.2. The van der Waals surface area contributed by atoms with Gasteiger partial charge in [-0.15, -0.1) is 5.10 Å². The van der Waals surface area contributed by atoms with Crippen LogP contribution in [0.3, 0.4) is 0 Å². The number of rotatable bonds is 4. The average molecular weight is 174 g/mol. The highest BCUT2D eigenvalue weighted by Crippen LogP contribution is 2.15. The smallest absolute Gasteiger partial charge is 0.231 e. The summed E-state index contributed by atoms with van der Waals surface area (Å²) in [4.78, 5) is 0. The second-order valence-corrected chi connectivity index (χ2v) is 3.05. The first-order valence-electron chi connectivity index (χ1n) is 3.21. The molecule has 0 aliphatic carbocycles. The summed E-state index contributed by atoms with van der Waals surface area (Å²) in [6, 6.07) is 0. The number of nitrogens with two attached hydrogens (primary N) is 1. The molecular weight excluding hydrogens is 164 g/mol. The normalized spacial score (nSPS) is 10.3. The van der Waals surface area contributed by atoms with Gasteiger partial charge < -0.3 is 10.8 Å². The van der Waals surface area contributed by atoms with Gasteiger partial charge in [0.05, 0.1) is 0 Å². The lowest BCUT2D eigenvalue weighted by atomic mass is 10.5. The summed E-state index contributed by atoms with van der Waals surface area (Å²) in [5.41, 5.74) is 5.87. The van der Waals surface area contributed by atoms with Gasteiger partial charge in [0.15, 0.2) is 0 Å². The molecule has 0 fully saturated rings. The third kappa shape index (κ3) is 2.39. The summed E-state index contributed by atoms with van der Waals surface area (Å²) in [5, 5.41) is 18.5. The standard InChI is InChI=1S/C5H10N4OS/c6-1-2-11-3-4-5(10)8-9-7-4/h1-3,6H2,(H2,7,8,9,10). The van der Waals surface area contributed by atoms with Crippen molar-refractivity contribution in [2.75, 3.05) is 12.3 Å². The molecule has 4 N–H and O–H groups in total. The van der Waals surface area contributed by atoms with Crippen LogP contribution in [-0.2, 0) is 5.75 Å². The summed E-state index contributed by atoms with van der Waals surface area (Å²) in [6.45, 7) is 0.642. The number of aromatic nitrogens is 3. The van der Waals surface area contributed by atoms with Crippen LogP contribution in [0.15, 0.2) is 0 Å². The van der Waals surface area contributed by atoms with Gasteiger partial charge in [-0.3, -0.25) is 0 Å². The van der Waals surface area contributed by atoms with E-state index in [2.05, 4.69) is 15.4 Å². The van der Waals surface area contributed by atoms with Crippen LogP contribution >= 0.6 is 11.8 Å². The molecule has 0 aromatic carbocycles. The first-order valence-corrected chi connectivity index (χ1v) is 4.36. The molecule has 0 saturated heterocycles. The fraction of sp³-hybridized carbons (Fsp3) is 0.600. The molecule has 0 aliphatic rings. The third-order valence-electron chi connectivity index (χ3n) is 1.10. The Balaban J connectivity index is 2.32. The van der Waals surface area contributed by atoms with Crippen LogP contribution in [0.25, 0.3) is 0 Å². The maximum absolute atomic E-state index is 9.02. The Kier molecular flexibility index (Phi) is 3.18. The Morgan fingerprint density at radius 2 is 2.45 bits per heavy atom. The van der Waals surface area contributed by atoms with Crippen molar-refractivity contribution in [2.24, 2.45) is 5.73 Å². The number of nitrogens with one attached hydrogen (secondary N) is 1. The molecule has 0 unspecified atom stereocenters. The molecule has 11 heavy (non-hydrogen) atoms. The highest BCUT2D eigenvalue weighted by molar-refractivity contribution is 7.98. The van der Waals surface area contributed by atoms with Crippen LogP contribution in [0.1, 0.15) is 5.69 Å². The van der Waals surface area contributed by atoms with Crippen molar-refractivity contribution in [3.63, 3.8) is 0 Å². The minimum absolute atomic E-state index is 0.0505. The van der Waals surface area contributed by atoms with E-state index in [1.807, 2.05) is 0 Å².